The third-order valence-corrected chi connectivity index (χ3v) is 2.34. The smallest absolute Gasteiger partial charge is 0.130 e. The summed E-state index contributed by atoms with van der Waals surface area (Å²) in [7, 11) is 0. The fraction of sp³-hybridized carbons (Fsp3) is 0.125. The molecule has 0 unspecified atom stereocenters. The zero-order chi connectivity index (χ0) is 7.84. The van der Waals surface area contributed by atoms with Gasteiger partial charge in [0.2, 0.25) is 0 Å². The van der Waals surface area contributed by atoms with Crippen molar-refractivity contribution in [2.24, 2.45) is 4.99 Å². The van der Waals surface area contributed by atoms with Crippen molar-refractivity contribution in [1.82, 2.24) is 0 Å². The predicted molar refractivity (Wildman–Crippen MR) is 47.1 cm³/mol. The van der Waals surface area contributed by atoms with E-state index in [1.807, 2.05) is 6.07 Å². The maximum Gasteiger partial charge on any atom is 0.130 e. The Hall–Kier alpha value is -0.830. The summed E-state index contributed by atoms with van der Waals surface area (Å²) in [4.78, 5) is 4.08. The van der Waals surface area contributed by atoms with Crippen molar-refractivity contribution in [3.8, 4) is 5.75 Å². The Bertz CT molecular complexity index is 333. The summed E-state index contributed by atoms with van der Waals surface area (Å²) in [6.07, 6.45) is 1.78. The molecule has 0 atom stereocenters. The molecule has 11 heavy (non-hydrogen) atoms. The number of halogens is 1. The van der Waals surface area contributed by atoms with Gasteiger partial charge in [-0.25, -0.2) is 0 Å². The summed E-state index contributed by atoms with van der Waals surface area (Å²) in [5.74, 6) is 0.275. The Morgan fingerprint density at radius 2 is 2.27 bits per heavy atom. The van der Waals surface area contributed by atoms with Crippen molar-refractivity contribution in [2.45, 2.75) is 6.54 Å². The third kappa shape index (κ3) is 1.05. The molecular weight excluding hydrogens is 206 g/mol. The normalized spacial score (nSPS) is 13.5. The van der Waals surface area contributed by atoms with Gasteiger partial charge in [0.05, 0.1) is 11.0 Å². The van der Waals surface area contributed by atoms with E-state index in [4.69, 9.17) is 0 Å². The highest BCUT2D eigenvalue weighted by atomic mass is 79.9. The predicted octanol–water partition coefficient (Wildman–Crippen LogP) is 2.09. The zero-order valence-electron chi connectivity index (χ0n) is 5.71. The zero-order valence-corrected chi connectivity index (χ0v) is 7.30. The number of hydrogen-bond acceptors (Lipinski definition) is 2. The molecule has 0 aromatic heterocycles. The minimum Gasteiger partial charge on any atom is -0.507 e. The largest absolute Gasteiger partial charge is 0.507 e. The van der Waals surface area contributed by atoms with E-state index in [1.165, 1.54) is 0 Å². The lowest BCUT2D eigenvalue weighted by Crippen LogP contribution is -1.83. The van der Waals surface area contributed by atoms with E-state index in [0.717, 1.165) is 22.1 Å². The second-order valence-electron chi connectivity index (χ2n) is 2.47. The molecule has 1 heterocycles. The van der Waals surface area contributed by atoms with Crippen LogP contribution in [0.3, 0.4) is 0 Å². The summed E-state index contributed by atoms with van der Waals surface area (Å²) < 4.78 is 0.738. The Kier molecular flexibility index (Phi) is 1.46. The molecule has 0 saturated carbocycles. The minimum atomic E-state index is 0.275. The van der Waals surface area contributed by atoms with Crippen LogP contribution in [-0.2, 0) is 6.54 Å². The summed E-state index contributed by atoms with van der Waals surface area (Å²) in [5.41, 5.74) is 2.18. The third-order valence-electron chi connectivity index (χ3n) is 1.70. The monoisotopic (exact) mass is 211 g/mol. The van der Waals surface area contributed by atoms with E-state index in [9.17, 15) is 5.11 Å². The minimum absolute atomic E-state index is 0.275. The lowest BCUT2D eigenvalue weighted by molar-refractivity contribution is 0.471. The van der Waals surface area contributed by atoms with Crippen molar-refractivity contribution >= 4 is 22.1 Å². The maximum atomic E-state index is 9.27. The van der Waals surface area contributed by atoms with Crippen molar-refractivity contribution in [2.75, 3.05) is 0 Å². The number of phenolic OH excluding ortho intramolecular Hbond substituents is 1. The molecule has 0 radical (unpaired) electrons. The Balaban J connectivity index is 2.63. The molecule has 2 rings (SSSR count). The second kappa shape index (κ2) is 2.34. The molecule has 3 heteroatoms. The highest BCUT2D eigenvalue weighted by Gasteiger charge is 2.08. The highest BCUT2D eigenvalue weighted by molar-refractivity contribution is 9.10. The SMILES string of the molecule is Oc1cc2c(cc1Br)CN=C2. The molecule has 56 valence electrons. The van der Waals surface area contributed by atoms with Crippen molar-refractivity contribution in [1.29, 1.82) is 0 Å². The molecule has 1 aliphatic rings. The fourth-order valence-corrected chi connectivity index (χ4v) is 1.51. The number of rotatable bonds is 0. The van der Waals surface area contributed by atoms with Gasteiger partial charge in [0.25, 0.3) is 0 Å². The van der Waals surface area contributed by atoms with Crippen LogP contribution in [-0.4, -0.2) is 11.3 Å². The molecule has 1 aromatic rings. The average Bonchev–Trinajstić information content (AvgIpc) is 2.36. The second-order valence-corrected chi connectivity index (χ2v) is 3.33. The van der Waals surface area contributed by atoms with Gasteiger partial charge < -0.3 is 5.11 Å². The quantitative estimate of drug-likeness (QED) is 0.701. The van der Waals surface area contributed by atoms with Crippen molar-refractivity contribution in [3.63, 3.8) is 0 Å². The first-order chi connectivity index (χ1) is 5.27. The van der Waals surface area contributed by atoms with Crippen LogP contribution in [0.15, 0.2) is 21.6 Å². The molecule has 0 bridgehead atoms. The number of aromatic hydroxyl groups is 1. The van der Waals surface area contributed by atoms with Gasteiger partial charge >= 0.3 is 0 Å². The van der Waals surface area contributed by atoms with Crippen LogP contribution in [0.4, 0.5) is 0 Å². The van der Waals surface area contributed by atoms with Gasteiger partial charge in [0.15, 0.2) is 0 Å². The summed E-state index contributed by atoms with van der Waals surface area (Å²) in [6.45, 7) is 0.730. The van der Waals surface area contributed by atoms with E-state index in [2.05, 4.69) is 20.9 Å². The molecular formula is C8H6BrNO. The lowest BCUT2D eigenvalue weighted by Gasteiger charge is -1.99. The van der Waals surface area contributed by atoms with Crippen LogP contribution in [0.25, 0.3) is 0 Å². The fourth-order valence-electron chi connectivity index (χ4n) is 1.12. The molecule has 0 fully saturated rings. The number of hydrogen-bond donors (Lipinski definition) is 1. The molecule has 1 aliphatic heterocycles. The number of phenols is 1. The molecule has 2 nitrogen and oxygen atoms in total. The topological polar surface area (TPSA) is 32.6 Å². The molecule has 1 aromatic carbocycles. The molecule has 0 amide bonds. The summed E-state index contributed by atoms with van der Waals surface area (Å²) >= 11 is 3.24. The van der Waals surface area contributed by atoms with Gasteiger partial charge in [-0.2, -0.15) is 0 Å². The molecule has 0 saturated heterocycles. The highest BCUT2D eigenvalue weighted by Crippen LogP contribution is 2.28. The van der Waals surface area contributed by atoms with Gasteiger partial charge in [-0.15, -0.1) is 0 Å². The lowest BCUT2D eigenvalue weighted by atomic mass is 10.1. The van der Waals surface area contributed by atoms with E-state index in [1.54, 1.807) is 12.3 Å². The Labute approximate surface area is 72.7 Å². The first-order valence-corrected chi connectivity index (χ1v) is 4.08. The number of fused-ring (bicyclic) bond motifs is 1. The van der Waals surface area contributed by atoms with Crippen LogP contribution in [0.5, 0.6) is 5.75 Å². The number of nitrogens with zero attached hydrogens (tertiary/aromatic N) is 1. The number of aliphatic imine (C=N–C) groups is 1. The van der Waals surface area contributed by atoms with Gasteiger partial charge in [0, 0.05) is 11.8 Å². The van der Waals surface area contributed by atoms with Crippen LogP contribution in [0, 0.1) is 0 Å². The van der Waals surface area contributed by atoms with E-state index in [0.29, 0.717) is 0 Å². The van der Waals surface area contributed by atoms with E-state index < -0.39 is 0 Å². The van der Waals surface area contributed by atoms with Gasteiger partial charge in [0.1, 0.15) is 5.75 Å². The van der Waals surface area contributed by atoms with Gasteiger partial charge in [-0.3, -0.25) is 4.99 Å². The number of benzene rings is 1. The maximum absolute atomic E-state index is 9.27. The Morgan fingerprint density at radius 1 is 1.45 bits per heavy atom. The molecule has 0 spiro atoms. The summed E-state index contributed by atoms with van der Waals surface area (Å²) in [5, 5.41) is 9.27. The van der Waals surface area contributed by atoms with E-state index >= 15 is 0 Å². The molecule has 0 aliphatic carbocycles. The van der Waals surface area contributed by atoms with Crippen LogP contribution in [0.1, 0.15) is 11.1 Å². The Morgan fingerprint density at radius 3 is 3.09 bits per heavy atom. The van der Waals surface area contributed by atoms with Crippen molar-refractivity contribution in [3.05, 3.63) is 27.7 Å². The van der Waals surface area contributed by atoms with Crippen LogP contribution in [0.2, 0.25) is 0 Å². The first-order valence-electron chi connectivity index (χ1n) is 3.28. The average molecular weight is 212 g/mol. The standard InChI is InChI=1S/C8H6BrNO/c9-7-1-5-3-10-4-6(5)2-8(7)11/h1-2,4,11H,3H2. The van der Waals surface area contributed by atoms with Gasteiger partial charge in [-0.05, 0) is 33.6 Å². The first kappa shape index (κ1) is 6.85. The van der Waals surface area contributed by atoms with Crippen LogP contribution >= 0.6 is 15.9 Å². The van der Waals surface area contributed by atoms with Crippen LogP contribution < -0.4 is 0 Å². The molecule has 1 N–H and O–H groups in total. The van der Waals surface area contributed by atoms with Gasteiger partial charge in [-0.1, -0.05) is 0 Å². The summed E-state index contributed by atoms with van der Waals surface area (Å²) in [6, 6.07) is 3.62. The van der Waals surface area contributed by atoms with Crippen molar-refractivity contribution < 1.29 is 5.11 Å². The van der Waals surface area contributed by atoms with E-state index in [-0.39, 0.29) is 5.75 Å².